The van der Waals surface area contributed by atoms with Gasteiger partial charge >= 0.3 is 0 Å². The van der Waals surface area contributed by atoms with Crippen LogP contribution >= 0.6 is 0 Å². The predicted molar refractivity (Wildman–Crippen MR) is 102 cm³/mol. The van der Waals surface area contributed by atoms with E-state index in [-0.39, 0.29) is 6.10 Å². The summed E-state index contributed by atoms with van der Waals surface area (Å²) in [5, 5.41) is 18.2. The Morgan fingerprint density at radius 2 is 1.84 bits per heavy atom. The van der Waals surface area contributed by atoms with Crippen molar-refractivity contribution in [3.05, 3.63) is 35.4 Å². The van der Waals surface area contributed by atoms with E-state index in [0.717, 1.165) is 50.9 Å². The van der Waals surface area contributed by atoms with Gasteiger partial charge in [-0.25, -0.2) is 0 Å². The van der Waals surface area contributed by atoms with Crippen molar-refractivity contribution < 1.29 is 9.84 Å². The second kappa shape index (κ2) is 8.17. The minimum atomic E-state index is -0.667. The molecule has 1 heterocycles. The van der Waals surface area contributed by atoms with E-state index in [1.165, 1.54) is 5.56 Å². The molecule has 0 amide bonds. The van der Waals surface area contributed by atoms with Crippen LogP contribution < -0.4 is 10.6 Å². The third kappa shape index (κ3) is 4.62. The maximum absolute atomic E-state index is 11.1. The molecule has 1 saturated carbocycles. The Morgan fingerprint density at radius 3 is 2.40 bits per heavy atom. The van der Waals surface area contributed by atoms with E-state index in [0.29, 0.717) is 18.0 Å². The van der Waals surface area contributed by atoms with E-state index >= 15 is 0 Å². The fraction of sp³-hybridized carbons (Fsp3) is 0.714. The normalized spacial score (nSPS) is 31.9. The van der Waals surface area contributed by atoms with Gasteiger partial charge in [-0.3, -0.25) is 0 Å². The van der Waals surface area contributed by atoms with Crippen LogP contribution in [0.2, 0.25) is 0 Å². The first kappa shape index (κ1) is 18.8. The molecular weight excluding hydrogens is 312 g/mol. The van der Waals surface area contributed by atoms with E-state index in [4.69, 9.17) is 4.74 Å². The van der Waals surface area contributed by atoms with Gasteiger partial charge in [0.2, 0.25) is 0 Å². The first-order valence-electron chi connectivity index (χ1n) is 9.89. The first-order valence-corrected chi connectivity index (χ1v) is 9.89. The lowest BCUT2D eigenvalue weighted by molar-refractivity contribution is -0.0194. The minimum Gasteiger partial charge on any atom is -0.385 e. The monoisotopic (exact) mass is 346 g/mol. The third-order valence-corrected chi connectivity index (χ3v) is 5.94. The zero-order chi connectivity index (χ0) is 17.9. The maximum Gasteiger partial charge on any atom is 0.0897 e. The van der Waals surface area contributed by atoms with Crippen molar-refractivity contribution in [2.75, 3.05) is 19.7 Å². The Bertz CT molecular complexity index is 529. The molecule has 4 heteroatoms. The van der Waals surface area contributed by atoms with Crippen LogP contribution in [0.1, 0.15) is 63.5 Å². The zero-order valence-corrected chi connectivity index (χ0v) is 15.9. The Hall–Kier alpha value is -0.940. The summed E-state index contributed by atoms with van der Waals surface area (Å²) in [5.41, 5.74) is 1.74. The molecule has 2 fully saturated rings. The van der Waals surface area contributed by atoms with Crippen LogP contribution in [0.25, 0.3) is 0 Å². The van der Waals surface area contributed by atoms with E-state index in [1.54, 1.807) is 0 Å². The molecule has 0 spiro atoms. The van der Waals surface area contributed by atoms with Crippen LogP contribution in [-0.4, -0.2) is 43.0 Å². The predicted octanol–water partition coefficient (Wildman–Crippen LogP) is 2.91. The highest BCUT2D eigenvalue weighted by Gasteiger charge is 2.35. The molecule has 1 aromatic carbocycles. The van der Waals surface area contributed by atoms with Crippen molar-refractivity contribution in [1.82, 2.24) is 10.6 Å². The lowest BCUT2D eigenvalue weighted by Gasteiger charge is -2.39. The number of hydrogen-bond acceptors (Lipinski definition) is 4. The smallest absolute Gasteiger partial charge is 0.0897 e. The van der Waals surface area contributed by atoms with E-state index in [9.17, 15) is 5.11 Å². The SMILES string of the molecule is CC(C)c1ccc(C2(O)CCC(NC(C)C3CNCCO3)CC2)cc1. The molecule has 2 unspecified atom stereocenters. The lowest BCUT2D eigenvalue weighted by atomic mass is 9.77. The van der Waals surface area contributed by atoms with Crippen molar-refractivity contribution in [1.29, 1.82) is 0 Å². The lowest BCUT2D eigenvalue weighted by Crippen LogP contribution is -2.53. The highest BCUT2D eigenvalue weighted by molar-refractivity contribution is 5.29. The number of morpholine rings is 1. The largest absolute Gasteiger partial charge is 0.385 e. The molecule has 1 aromatic rings. The van der Waals surface area contributed by atoms with E-state index < -0.39 is 5.60 Å². The summed E-state index contributed by atoms with van der Waals surface area (Å²) < 4.78 is 5.85. The van der Waals surface area contributed by atoms with Crippen molar-refractivity contribution >= 4 is 0 Å². The molecule has 3 rings (SSSR count). The van der Waals surface area contributed by atoms with Gasteiger partial charge in [0.15, 0.2) is 0 Å². The molecule has 0 aromatic heterocycles. The van der Waals surface area contributed by atoms with Crippen LogP contribution in [0, 0.1) is 0 Å². The van der Waals surface area contributed by atoms with Crippen LogP contribution in [0.3, 0.4) is 0 Å². The second-order valence-corrected chi connectivity index (χ2v) is 8.15. The Balaban J connectivity index is 1.53. The van der Waals surface area contributed by atoms with Gasteiger partial charge in [-0.15, -0.1) is 0 Å². The number of rotatable bonds is 5. The van der Waals surface area contributed by atoms with E-state index in [1.807, 2.05) is 0 Å². The molecule has 1 saturated heterocycles. The van der Waals surface area contributed by atoms with Gasteiger partial charge in [0.1, 0.15) is 0 Å². The molecule has 0 bridgehead atoms. The quantitative estimate of drug-likeness (QED) is 0.767. The molecule has 1 aliphatic carbocycles. The summed E-state index contributed by atoms with van der Waals surface area (Å²) in [5.74, 6) is 0.529. The molecule has 2 aliphatic rings. The van der Waals surface area contributed by atoms with Crippen molar-refractivity contribution in [3.63, 3.8) is 0 Å². The highest BCUT2D eigenvalue weighted by atomic mass is 16.5. The molecule has 140 valence electrons. The average Bonchev–Trinajstić information content (AvgIpc) is 2.64. The molecule has 4 nitrogen and oxygen atoms in total. The van der Waals surface area contributed by atoms with Gasteiger partial charge in [-0.1, -0.05) is 38.1 Å². The fourth-order valence-electron chi connectivity index (χ4n) is 4.11. The minimum absolute atomic E-state index is 0.248. The Labute approximate surface area is 152 Å². The average molecular weight is 347 g/mol. The van der Waals surface area contributed by atoms with Crippen LogP contribution in [0.15, 0.2) is 24.3 Å². The van der Waals surface area contributed by atoms with Crippen LogP contribution in [-0.2, 0) is 10.3 Å². The molecule has 2 atom stereocenters. The summed E-state index contributed by atoms with van der Waals surface area (Å²) >= 11 is 0. The van der Waals surface area contributed by atoms with Gasteiger partial charge in [-0.2, -0.15) is 0 Å². The number of hydrogen-bond donors (Lipinski definition) is 3. The molecule has 3 N–H and O–H groups in total. The summed E-state index contributed by atoms with van der Waals surface area (Å²) in [7, 11) is 0. The molecule has 25 heavy (non-hydrogen) atoms. The Morgan fingerprint density at radius 1 is 1.16 bits per heavy atom. The Kier molecular flexibility index (Phi) is 6.16. The highest BCUT2D eigenvalue weighted by Crippen LogP contribution is 2.37. The number of nitrogens with one attached hydrogen (secondary N) is 2. The van der Waals surface area contributed by atoms with Gasteiger partial charge in [0.25, 0.3) is 0 Å². The third-order valence-electron chi connectivity index (χ3n) is 5.94. The standard InChI is InChI=1S/C21H34N2O2/c1-15(2)17-4-6-18(7-5-17)21(24)10-8-19(9-11-21)23-16(3)20-14-22-12-13-25-20/h4-7,15-16,19-20,22-24H,8-14H2,1-3H3. The van der Waals surface area contributed by atoms with E-state index in [2.05, 4.69) is 55.7 Å². The van der Waals surface area contributed by atoms with Crippen LogP contribution in [0.5, 0.6) is 0 Å². The van der Waals surface area contributed by atoms with Gasteiger partial charge in [0, 0.05) is 25.2 Å². The fourth-order valence-corrected chi connectivity index (χ4v) is 4.11. The second-order valence-electron chi connectivity index (χ2n) is 8.15. The van der Waals surface area contributed by atoms with Crippen molar-refractivity contribution in [3.8, 4) is 0 Å². The summed E-state index contributed by atoms with van der Waals surface area (Å²) in [6, 6.07) is 9.38. The number of benzene rings is 1. The zero-order valence-electron chi connectivity index (χ0n) is 15.9. The number of aliphatic hydroxyl groups is 1. The number of ether oxygens (including phenoxy) is 1. The topological polar surface area (TPSA) is 53.5 Å². The molecule has 0 radical (unpaired) electrons. The molecule has 1 aliphatic heterocycles. The first-order chi connectivity index (χ1) is 12.0. The van der Waals surface area contributed by atoms with Gasteiger partial charge in [0.05, 0.1) is 18.3 Å². The van der Waals surface area contributed by atoms with Crippen molar-refractivity contribution in [2.45, 2.75) is 76.2 Å². The van der Waals surface area contributed by atoms with Gasteiger partial charge < -0.3 is 20.5 Å². The summed E-state index contributed by atoms with van der Waals surface area (Å²) in [6.45, 7) is 9.29. The van der Waals surface area contributed by atoms with Gasteiger partial charge in [-0.05, 0) is 49.7 Å². The summed E-state index contributed by atoms with van der Waals surface area (Å²) in [4.78, 5) is 0. The van der Waals surface area contributed by atoms with Crippen molar-refractivity contribution in [2.24, 2.45) is 0 Å². The van der Waals surface area contributed by atoms with Crippen LogP contribution in [0.4, 0.5) is 0 Å². The summed E-state index contributed by atoms with van der Waals surface area (Å²) in [6.07, 6.45) is 3.91. The maximum atomic E-state index is 11.1. The molecular formula is C21H34N2O2.